The second kappa shape index (κ2) is 6.71. The first-order chi connectivity index (χ1) is 5.58. The molecule has 0 aliphatic carbocycles. The summed E-state index contributed by atoms with van der Waals surface area (Å²) in [6, 6.07) is 5.32. The zero-order chi connectivity index (χ0) is 9.14. The fraction of sp³-hybridized carbons (Fsp3) is 0.125. The second-order valence-electron chi connectivity index (χ2n) is 2.20. The molecule has 13 heavy (non-hydrogen) atoms. The van der Waals surface area contributed by atoms with E-state index in [0.717, 1.165) is 8.95 Å². The van der Waals surface area contributed by atoms with Gasteiger partial charge < -0.3 is 4.74 Å². The Morgan fingerprint density at radius 1 is 1.23 bits per heavy atom. The molecular formula is C8H6Br2KO2. The number of rotatable bonds is 1. The molecule has 0 saturated heterocycles. The van der Waals surface area contributed by atoms with E-state index in [4.69, 9.17) is 4.74 Å². The molecule has 0 heterocycles. The van der Waals surface area contributed by atoms with Crippen LogP contribution < -0.4 is 4.74 Å². The first kappa shape index (κ1) is 14.3. The van der Waals surface area contributed by atoms with E-state index in [1.54, 1.807) is 12.1 Å². The fourth-order valence-corrected chi connectivity index (χ4v) is 2.01. The molecule has 0 aliphatic heterocycles. The molecule has 5 heteroatoms. The smallest absolute Gasteiger partial charge is 0.308 e. The van der Waals surface area contributed by atoms with Crippen LogP contribution in [0.3, 0.4) is 0 Å². The summed E-state index contributed by atoms with van der Waals surface area (Å²) in [4.78, 5) is 10.6. The Labute approximate surface area is 136 Å². The van der Waals surface area contributed by atoms with Gasteiger partial charge in [-0.1, -0.05) is 31.9 Å². The van der Waals surface area contributed by atoms with Crippen molar-refractivity contribution in [2.45, 2.75) is 6.92 Å². The number of halogens is 2. The Balaban J connectivity index is 0.00000144. The first-order valence-electron chi connectivity index (χ1n) is 3.22. The second-order valence-corrected chi connectivity index (χ2v) is 4.03. The average molecular weight is 333 g/mol. The molecule has 2 nitrogen and oxygen atoms in total. The fourth-order valence-electron chi connectivity index (χ4n) is 0.753. The van der Waals surface area contributed by atoms with E-state index >= 15 is 0 Å². The Morgan fingerprint density at radius 3 is 2.08 bits per heavy atom. The van der Waals surface area contributed by atoms with E-state index in [2.05, 4.69) is 31.9 Å². The van der Waals surface area contributed by atoms with Crippen molar-refractivity contribution in [1.29, 1.82) is 0 Å². The maximum Gasteiger partial charge on any atom is 0.308 e. The monoisotopic (exact) mass is 331 g/mol. The minimum absolute atomic E-state index is 0. The van der Waals surface area contributed by atoms with Gasteiger partial charge in [0, 0.05) is 67.3 Å². The number of carbonyl (C=O) groups excluding carboxylic acids is 1. The van der Waals surface area contributed by atoms with Gasteiger partial charge in [0.05, 0.1) is 0 Å². The minimum Gasteiger partial charge on any atom is -0.427 e. The summed E-state index contributed by atoms with van der Waals surface area (Å²) in [7, 11) is 0. The van der Waals surface area contributed by atoms with Crippen molar-refractivity contribution in [3.8, 4) is 5.75 Å². The molecule has 0 atom stereocenters. The zero-order valence-electron chi connectivity index (χ0n) is 7.30. The predicted octanol–water partition coefficient (Wildman–Crippen LogP) is 2.76. The van der Waals surface area contributed by atoms with Gasteiger partial charge in [-0.15, -0.1) is 0 Å². The molecule has 0 N–H and O–H groups in total. The predicted molar refractivity (Wildman–Crippen MR) is 58.9 cm³/mol. The van der Waals surface area contributed by atoms with Gasteiger partial charge in [-0.2, -0.15) is 0 Å². The zero-order valence-corrected chi connectivity index (χ0v) is 13.6. The van der Waals surface area contributed by atoms with Gasteiger partial charge >= 0.3 is 5.97 Å². The maximum atomic E-state index is 10.6. The molecule has 1 aromatic carbocycles. The Kier molecular flexibility index (Phi) is 7.38. The molecule has 0 saturated carbocycles. The first-order valence-corrected chi connectivity index (χ1v) is 4.81. The summed E-state index contributed by atoms with van der Waals surface area (Å²) < 4.78 is 6.61. The number of esters is 1. The van der Waals surface area contributed by atoms with Gasteiger partial charge in [-0.25, -0.2) is 0 Å². The van der Waals surface area contributed by atoms with E-state index in [-0.39, 0.29) is 57.4 Å². The molecule has 0 unspecified atom stereocenters. The van der Waals surface area contributed by atoms with Gasteiger partial charge in [0.1, 0.15) is 5.75 Å². The standard InChI is InChI=1S/C8H6Br2O2.K/c1-5(11)12-8-3-6(9)2-7(10)4-8;/h2-4H,1H3;. The van der Waals surface area contributed by atoms with Crippen LogP contribution in [0.1, 0.15) is 6.92 Å². The summed E-state index contributed by atoms with van der Waals surface area (Å²) in [5.74, 6) is 0.212. The van der Waals surface area contributed by atoms with Crippen molar-refractivity contribution < 1.29 is 9.53 Å². The van der Waals surface area contributed by atoms with E-state index in [1.807, 2.05) is 6.07 Å². The van der Waals surface area contributed by atoms with Crippen LogP contribution in [0.25, 0.3) is 0 Å². The molecule has 1 radical (unpaired) electrons. The van der Waals surface area contributed by atoms with Crippen molar-refractivity contribution in [2.75, 3.05) is 0 Å². The van der Waals surface area contributed by atoms with Crippen molar-refractivity contribution in [3.63, 3.8) is 0 Å². The molecule has 1 aromatic rings. The van der Waals surface area contributed by atoms with Crippen LogP contribution in [0.5, 0.6) is 5.75 Å². The third kappa shape index (κ3) is 5.66. The molecule has 0 amide bonds. The molecule has 1 rings (SSSR count). The van der Waals surface area contributed by atoms with Gasteiger partial charge in [0.2, 0.25) is 0 Å². The van der Waals surface area contributed by atoms with Crippen LogP contribution in [0.4, 0.5) is 0 Å². The number of carbonyl (C=O) groups is 1. The molecule has 0 bridgehead atoms. The van der Waals surface area contributed by atoms with Crippen LogP contribution in [0, 0.1) is 0 Å². The van der Waals surface area contributed by atoms with E-state index < -0.39 is 0 Å². The quantitative estimate of drug-likeness (QED) is 0.449. The van der Waals surface area contributed by atoms with Gasteiger partial charge in [0.25, 0.3) is 0 Å². The van der Waals surface area contributed by atoms with Crippen LogP contribution in [-0.4, -0.2) is 57.4 Å². The van der Waals surface area contributed by atoms with Gasteiger partial charge in [-0.3, -0.25) is 4.79 Å². The summed E-state index contributed by atoms with van der Waals surface area (Å²) in [6.45, 7) is 1.37. The minimum atomic E-state index is -0.319. The maximum absolute atomic E-state index is 10.6. The molecule has 0 spiro atoms. The van der Waals surface area contributed by atoms with Crippen molar-refractivity contribution >= 4 is 89.2 Å². The number of benzene rings is 1. The van der Waals surface area contributed by atoms with Crippen LogP contribution in [0.15, 0.2) is 27.1 Å². The van der Waals surface area contributed by atoms with E-state index in [1.165, 1.54) is 6.92 Å². The molecule has 0 aliphatic rings. The van der Waals surface area contributed by atoms with Crippen molar-refractivity contribution in [1.82, 2.24) is 0 Å². The molecular weight excluding hydrogens is 327 g/mol. The normalized spacial score (nSPS) is 8.85. The summed E-state index contributed by atoms with van der Waals surface area (Å²) in [6.07, 6.45) is 0. The molecule has 0 fully saturated rings. The SMILES string of the molecule is CC(=O)Oc1cc(Br)cc(Br)c1.[K]. The molecule has 65 valence electrons. The largest absolute Gasteiger partial charge is 0.427 e. The number of hydrogen-bond donors (Lipinski definition) is 0. The third-order valence-electron chi connectivity index (χ3n) is 1.10. The van der Waals surface area contributed by atoms with E-state index in [9.17, 15) is 4.79 Å². The van der Waals surface area contributed by atoms with Crippen LogP contribution in [0.2, 0.25) is 0 Å². The number of ether oxygens (including phenoxy) is 1. The Hall–Kier alpha value is 1.29. The van der Waals surface area contributed by atoms with Crippen molar-refractivity contribution in [2.24, 2.45) is 0 Å². The average Bonchev–Trinajstić information content (AvgIpc) is 1.81. The van der Waals surface area contributed by atoms with Gasteiger partial charge in [0.15, 0.2) is 0 Å². The van der Waals surface area contributed by atoms with Crippen LogP contribution >= 0.6 is 31.9 Å². The summed E-state index contributed by atoms with van der Waals surface area (Å²) in [5.41, 5.74) is 0. The van der Waals surface area contributed by atoms with Crippen LogP contribution in [-0.2, 0) is 4.79 Å². The summed E-state index contributed by atoms with van der Waals surface area (Å²) in [5, 5.41) is 0. The Morgan fingerprint density at radius 2 is 1.69 bits per heavy atom. The van der Waals surface area contributed by atoms with E-state index in [0.29, 0.717) is 5.75 Å². The molecule has 0 aromatic heterocycles. The summed E-state index contributed by atoms with van der Waals surface area (Å²) >= 11 is 6.56. The third-order valence-corrected chi connectivity index (χ3v) is 2.01. The number of hydrogen-bond acceptors (Lipinski definition) is 2. The Bertz CT molecular complexity index is 295. The van der Waals surface area contributed by atoms with Gasteiger partial charge in [-0.05, 0) is 18.2 Å². The topological polar surface area (TPSA) is 26.3 Å². The van der Waals surface area contributed by atoms with Crippen molar-refractivity contribution in [3.05, 3.63) is 27.1 Å².